The molecule has 0 aliphatic rings. The molecule has 0 aliphatic heterocycles. The summed E-state index contributed by atoms with van der Waals surface area (Å²) in [5.41, 5.74) is 5.63. The highest BCUT2D eigenvalue weighted by Crippen LogP contribution is 2.27. The number of sulfonamides is 1. The van der Waals surface area contributed by atoms with E-state index in [4.69, 9.17) is 22.1 Å². The Bertz CT molecular complexity index is 781. The zero-order valence-electron chi connectivity index (χ0n) is 10.9. The molecule has 0 radical (unpaired) electrons. The minimum absolute atomic E-state index is 0.102. The van der Waals surface area contributed by atoms with Crippen LogP contribution >= 0.6 is 11.6 Å². The lowest BCUT2D eigenvalue weighted by Gasteiger charge is -2.11. The fourth-order valence-corrected chi connectivity index (χ4v) is 2.92. The topological polar surface area (TPSA) is 81.4 Å². The standard InChI is InChI=1S/C13H12ClFN2O3S/c1-20-13-5-3-9(7-11(13)16)21(18,19)17-12-4-2-8(14)6-10(12)15/h2-7,17H,16H2,1H3. The normalized spacial score (nSPS) is 11.2. The first-order valence-corrected chi connectivity index (χ1v) is 7.61. The van der Waals surface area contributed by atoms with Crippen LogP contribution in [-0.4, -0.2) is 15.5 Å². The minimum Gasteiger partial charge on any atom is -0.495 e. The third-order valence-corrected chi connectivity index (χ3v) is 4.29. The zero-order valence-corrected chi connectivity index (χ0v) is 12.5. The molecule has 0 aliphatic carbocycles. The Morgan fingerprint density at radius 2 is 1.95 bits per heavy atom. The van der Waals surface area contributed by atoms with Crippen molar-refractivity contribution >= 4 is 33.0 Å². The SMILES string of the molecule is COc1ccc(S(=O)(=O)Nc2ccc(Cl)cc2F)cc1N. The molecule has 0 saturated carbocycles. The molecule has 21 heavy (non-hydrogen) atoms. The molecule has 0 atom stereocenters. The number of hydrogen-bond donors (Lipinski definition) is 2. The van der Waals surface area contributed by atoms with Crippen LogP contribution in [0.5, 0.6) is 5.75 Å². The van der Waals surface area contributed by atoms with Crippen molar-refractivity contribution < 1.29 is 17.5 Å². The van der Waals surface area contributed by atoms with Gasteiger partial charge in [0.25, 0.3) is 10.0 Å². The molecule has 2 aromatic carbocycles. The van der Waals surface area contributed by atoms with E-state index in [0.717, 1.165) is 6.07 Å². The highest BCUT2D eigenvalue weighted by molar-refractivity contribution is 7.92. The quantitative estimate of drug-likeness (QED) is 0.845. The molecule has 5 nitrogen and oxygen atoms in total. The molecule has 2 rings (SSSR count). The predicted molar refractivity (Wildman–Crippen MR) is 79.6 cm³/mol. The Kier molecular flexibility index (Phi) is 4.24. The predicted octanol–water partition coefficient (Wildman–Crippen LogP) is 2.87. The smallest absolute Gasteiger partial charge is 0.262 e. The van der Waals surface area contributed by atoms with Gasteiger partial charge in [-0.3, -0.25) is 4.72 Å². The summed E-state index contributed by atoms with van der Waals surface area (Å²) in [6.45, 7) is 0. The van der Waals surface area contributed by atoms with E-state index in [9.17, 15) is 12.8 Å². The Morgan fingerprint density at radius 1 is 1.24 bits per heavy atom. The lowest BCUT2D eigenvalue weighted by Crippen LogP contribution is -2.14. The molecule has 0 fully saturated rings. The van der Waals surface area contributed by atoms with Crippen molar-refractivity contribution in [1.29, 1.82) is 0 Å². The summed E-state index contributed by atoms with van der Waals surface area (Å²) in [6, 6.07) is 7.59. The van der Waals surface area contributed by atoms with E-state index in [1.165, 1.54) is 37.4 Å². The summed E-state index contributed by atoms with van der Waals surface area (Å²) in [7, 11) is -2.55. The summed E-state index contributed by atoms with van der Waals surface area (Å²) < 4.78 is 45.1. The number of halogens is 2. The van der Waals surface area contributed by atoms with Crippen LogP contribution < -0.4 is 15.2 Å². The number of methoxy groups -OCH3 is 1. The molecule has 0 heterocycles. The first-order chi connectivity index (χ1) is 9.83. The highest BCUT2D eigenvalue weighted by Gasteiger charge is 2.17. The van der Waals surface area contributed by atoms with Gasteiger partial charge in [-0.25, -0.2) is 12.8 Å². The van der Waals surface area contributed by atoms with Crippen molar-refractivity contribution in [3.63, 3.8) is 0 Å². The fraction of sp³-hybridized carbons (Fsp3) is 0.0769. The van der Waals surface area contributed by atoms with Crippen LogP contribution in [0.1, 0.15) is 0 Å². The number of benzene rings is 2. The lowest BCUT2D eigenvalue weighted by atomic mass is 10.3. The van der Waals surface area contributed by atoms with Gasteiger partial charge in [-0.05, 0) is 36.4 Å². The van der Waals surface area contributed by atoms with E-state index in [0.29, 0.717) is 5.75 Å². The number of ether oxygens (including phenoxy) is 1. The minimum atomic E-state index is -3.96. The van der Waals surface area contributed by atoms with Crippen molar-refractivity contribution in [2.24, 2.45) is 0 Å². The first-order valence-electron chi connectivity index (χ1n) is 5.75. The Balaban J connectivity index is 2.36. The summed E-state index contributed by atoms with van der Waals surface area (Å²) in [5.74, 6) is -0.417. The molecule has 0 spiro atoms. The maximum atomic E-state index is 13.6. The van der Waals surface area contributed by atoms with Crippen LogP contribution in [0.4, 0.5) is 15.8 Å². The van der Waals surface area contributed by atoms with Gasteiger partial charge in [-0.1, -0.05) is 11.6 Å². The number of nitrogens with two attached hydrogens (primary N) is 1. The Labute approximate surface area is 126 Å². The van der Waals surface area contributed by atoms with Gasteiger partial charge in [-0.2, -0.15) is 0 Å². The van der Waals surface area contributed by atoms with Gasteiger partial charge in [0, 0.05) is 5.02 Å². The lowest BCUT2D eigenvalue weighted by molar-refractivity contribution is 0.416. The molecule has 0 amide bonds. The largest absolute Gasteiger partial charge is 0.495 e. The second-order valence-corrected chi connectivity index (χ2v) is 6.25. The van der Waals surface area contributed by atoms with Gasteiger partial charge < -0.3 is 10.5 Å². The van der Waals surface area contributed by atoms with E-state index in [1.54, 1.807) is 0 Å². The molecule has 2 aromatic rings. The number of nitrogens with one attached hydrogen (secondary N) is 1. The van der Waals surface area contributed by atoms with Gasteiger partial charge in [0.05, 0.1) is 23.4 Å². The number of nitrogen functional groups attached to an aromatic ring is 1. The summed E-state index contributed by atoms with van der Waals surface area (Å²) >= 11 is 5.61. The average molecular weight is 331 g/mol. The monoisotopic (exact) mass is 330 g/mol. The van der Waals surface area contributed by atoms with Crippen LogP contribution in [0.3, 0.4) is 0 Å². The molecule has 3 N–H and O–H groups in total. The van der Waals surface area contributed by atoms with E-state index in [1.807, 2.05) is 0 Å². The Morgan fingerprint density at radius 3 is 2.52 bits per heavy atom. The summed E-state index contributed by atoms with van der Waals surface area (Å²) in [4.78, 5) is -0.102. The first kappa shape index (κ1) is 15.4. The van der Waals surface area contributed by atoms with E-state index in [2.05, 4.69) is 4.72 Å². The fourth-order valence-electron chi connectivity index (χ4n) is 1.66. The maximum Gasteiger partial charge on any atom is 0.262 e. The van der Waals surface area contributed by atoms with Gasteiger partial charge in [-0.15, -0.1) is 0 Å². The number of hydrogen-bond acceptors (Lipinski definition) is 4. The van der Waals surface area contributed by atoms with Crippen molar-refractivity contribution in [2.45, 2.75) is 4.90 Å². The second kappa shape index (κ2) is 5.79. The van der Waals surface area contributed by atoms with Crippen molar-refractivity contribution in [3.8, 4) is 5.75 Å². The van der Waals surface area contributed by atoms with Gasteiger partial charge in [0.2, 0.25) is 0 Å². The zero-order chi connectivity index (χ0) is 15.6. The molecule has 0 aromatic heterocycles. The molecular weight excluding hydrogens is 319 g/mol. The van der Waals surface area contributed by atoms with Crippen LogP contribution in [0.25, 0.3) is 0 Å². The van der Waals surface area contributed by atoms with Crippen LogP contribution in [0.15, 0.2) is 41.3 Å². The van der Waals surface area contributed by atoms with Crippen LogP contribution in [-0.2, 0) is 10.0 Å². The molecule has 0 bridgehead atoms. The van der Waals surface area contributed by atoms with Crippen molar-refractivity contribution in [1.82, 2.24) is 0 Å². The second-order valence-electron chi connectivity index (χ2n) is 4.13. The number of rotatable bonds is 4. The molecular formula is C13H12ClFN2O3S. The third-order valence-electron chi connectivity index (χ3n) is 2.69. The average Bonchev–Trinajstić information content (AvgIpc) is 2.42. The molecule has 0 saturated heterocycles. The third kappa shape index (κ3) is 3.37. The van der Waals surface area contributed by atoms with Gasteiger partial charge in [0.1, 0.15) is 11.6 Å². The van der Waals surface area contributed by atoms with Crippen molar-refractivity contribution in [3.05, 3.63) is 47.2 Å². The molecule has 0 unspecified atom stereocenters. The van der Waals surface area contributed by atoms with Crippen molar-refractivity contribution in [2.75, 3.05) is 17.6 Å². The van der Waals surface area contributed by atoms with E-state index < -0.39 is 15.8 Å². The summed E-state index contributed by atoms with van der Waals surface area (Å²) in [5, 5.41) is 0.170. The Hall–Kier alpha value is -1.99. The van der Waals surface area contributed by atoms with Gasteiger partial charge >= 0.3 is 0 Å². The van der Waals surface area contributed by atoms with E-state index >= 15 is 0 Å². The van der Waals surface area contributed by atoms with Crippen LogP contribution in [0, 0.1) is 5.82 Å². The maximum absolute atomic E-state index is 13.6. The van der Waals surface area contributed by atoms with Crippen LogP contribution in [0.2, 0.25) is 5.02 Å². The number of anilines is 2. The van der Waals surface area contributed by atoms with Gasteiger partial charge in [0.15, 0.2) is 0 Å². The molecule has 112 valence electrons. The highest BCUT2D eigenvalue weighted by atomic mass is 35.5. The molecule has 8 heteroatoms. The van der Waals surface area contributed by atoms with E-state index in [-0.39, 0.29) is 21.3 Å². The summed E-state index contributed by atoms with van der Waals surface area (Å²) in [6.07, 6.45) is 0.